The number of fused-ring (bicyclic) bond motifs is 1. The average Bonchev–Trinajstić information content (AvgIpc) is 2.73. The third-order valence-corrected chi connectivity index (χ3v) is 3.98. The Hall–Kier alpha value is -1.04. The molecule has 0 bridgehead atoms. The van der Waals surface area contributed by atoms with E-state index in [1.54, 1.807) is 0 Å². The summed E-state index contributed by atoms with van der Waals surface area (Å²) < 4.78 is 1.95. The van der Waals surface area contributed by atoms with Gasteiger partial charge in [0.1, 0.15) is 0 Å². The molecule has 0 spiro atoms. The van der Waals surface area contributed by atoms with Crippen LogP contribution in [0.3, 0.4) is 0 Å². The van der Waals surface area contributed by atoms with E-state index in [9.17, 15) is 5.11 Å². The molecule has 1 aliphatic rings. The molecule has 3 rings (SSSR count). The quantitative estimate of drug-likeness (QED) is 0.859. The number of nitrogens with zero attached hydrogens (tertiary/aromatic N) is 3. The predicted octanol–water partition coefficient (Wildman–Crippen LogP) is 2.07. The van der Waals surface area contributed by atoms with E-state index in [1.807, 2.05) is 28.8 Å². The molecule has 2 aromatic rings. The Labute approximate surface area is 108 Å². The fraction of sp³-hybridized carbons (Fsp3) is 0.273. The van der Waals surface area contributed by atoms with Gasteiger partial charge in [-0.15, -0.1) is 10.2 Å². The van der Waals surface area contributed by atoms with E-state index < -0.39 is 0 Å². The Morgan fingerprint density at radius 2 is 2.06 bits per heavy atom. The summed E-state index contributed by atoms with van der Waals surface area (Å²) in [4.78, 5) is 0. The van der Waals surface area contributed by atoms with Crippen LogP contribution in [0.15, 0.2) is 29.4 Å². The molecule has 17 heavy (non-hydrogen) atoms. The summed E-state index contributed by atoms with van der Waals surface area (Å²) in [5.41, 5.74) is 0.961. The highest BCUT2D eigenvalue weighted by Gasteiger charge is 2.22. The van der Waals surface area contributed by atoms with Crippen molar-refractivity contribution in [2.24, 2.45) is 0 Å². The van der Waals surface area contributed by atoms with Crippen LogP contribution in [0.25, 0.3) is 11.4 Å². The van der Waals surface area contributed by atoms with Crippen molar-refractivity contribution >= 4 is 23.4 Å². The number of benzene rings is 1. The average molecular weight is 268 g/mol. The standard InChI is InChI=1S/C11H10ClN3OS/c12-8-3-1-7(2-4-8)10-13-14-11-15(10)5-9(16)6-17-11/h1-4,9,16H,5-6H2/t9-/m0/s1. The second-order valence-corrected chi connectivity index (χ2v) is 5.31. The van der Waals surface area contributed by atoms with Crippen molar-refractivity contribution in [1.29, 1.82) is 0 Å². The number of halogens is 1. The van der Waals surface area contributed by atoms with Crippen molar-refractivity contribution in [3.8, 4) is 11.4 Å². The summed E-state index contributed by atoms with van der Waals surface area (Å²) in [6.45, 7) is 0.549. The smallest absolute Gasteiger partial charge is 0.191 e. The van der Waals surface area contributed by atoms with Crippen LogP contribution in [-0.4, -0.2) is 31.7 Å². The van der Waals surface area contributed by atoms with Crippen LogP contribution in [0.5, 0.6) is 0 Å². The Balaban J connectivity index is 2.04. The molecule has 1 aromatic heterocycles. The summed E-state index contributed by atoms with van der Waals surface area (Å²) in [6.07, 6.45) is -0.338. The SMILES string of the molecule is O[C@@H]1CSc2nnc(-c3ccc(Cl)cc3)n2C1. The van der Waals surface area contributed by atoms with E-state index in [0.717, 1.165) is 16.5 Å². The van der Waals surface area contributed by atoms with Gasteiger partial charge in [0.25, 0.3) is 0 Å². The Morgan fingerprint density at radius 1 is 1.29 bits per heavy atom. The molecule has 0 unspecified atom stereocenters. The number of aromatic nitrogens is 3. The van der Waals surface area contributed by atoms with Crippen molar-refractivity contribution in [3.05, 3.63) is 29.3 Å². The second kappa shape index (κ2) is 4.33. The van der Waals surface area contributed by atoms with E-state index in [2.05, 4.69) is 10.2 Å². The van der Waals surface area contributed by atoms with Gasteiger partial charge in [0.2, 0.25) is 0 Å². The van der Waals surface area contributed by atoms with Gasteiger partial charge in [-0.05, 0) is 24.3 Å². The first-order valence-electron chi connectivity index (χ1n) is 5.24. The van der Waals surface area contributed by atoms with Gasteiger partial charge in [-0.3, -0.25) is 4.57 Å². The summed E-state index contributed by atoms with van der Waals surface area (Å²) in [5.74, 6) is 1.46. The van der Waals surface area contributed by atoms with Gasteiger partial charge in [0, 0.05) is 16.3 Å². The van der Waals surface area contributed by atoms with Crippen molar-refractivity contribution in [3.63, 3.8) is 0 Å². The van der Waals surface area contributed by atoms with Crippen molar-refractivity contribution in [1.82, 2.24) is 14.8 Å². The first kappa shape index (κ1) is 11.1. The number of hydrogen-bond donors (Lipinski definition) is 1. The minimum Gasteiger partial charge on any atom is -0.390 e. The fourth-order valence-electron chi connectivity index (χ4n) is 1.81. The molecule has 0 amide bonds. The highest BCUT2D eigenvalue weighted by Crippen LogP contribution is 2.29. The third kappa shape index (κ3) is 2.06. The van der Waals surface area contributed by atoms with Gasteiger partial charge in [0.15, 0.2) is 11.0 Å². The van der Waals surface area contributed by atoms with Crippen LogP contribution in [0.1, 0.15) is 0 Å². The van der Waals surface area contributed by atoms with Gasteiger partial charge in [-0.2, -0.15) is 0 Å². The molecule has 0 fully saturated rings. The first-order chi connectivity index (χ1) is 8.24. The Morgan fingerprint density at radius 3 is 2.82 bits per heavy atom. The minimum absolute atomic E-state index is 0.338. The largest absolute Gasteiger partial charge is 0.390 e. The summed E-state index contributed by atoms with van der Waals surface area (Å²) >= 11 is 7.38. The van der Waals surface area contributed by atoms with Gasteiger partial charge in [-0.1, -0.05) is 23.4 Å². The zero-order valence-electron chi connectivity index (χ0n) is 8.88. The molecule has 1 N–H and O–H groups in total. The lowest BCUT2D eigenvalue weighted by molar-refractivity contribution is 0.171. The molecule has 0 saturated heterocycles. The Kier molecular flexibility index (Phi) is 2.82. The second-order valence-electron chi connectivity index (χ2n) is 3.89. The monoisotopic (exact) mass is 267 g/mol. The topological polar surface area (TPSA) is 50.9 Å². The van der Waals surface area contributed by atoms with Crippen molar-refractivity contribution in [2.75, 3.05) is 5.75 Å². The maximum atomic E-state index is 9.67. The van der Waals surface area contributed by atoms with E-state index >= 15 is 0 Å². The highest BCUT2D eigenvalue weighted by molar-refractivity contribution is 7.99. The fourth-order valence-corrected chi connectivity index (χ4v) is 2.80. The molecule has 1 aromatic carbocycles. The minimum atomic E-state index is -0.338. The molecule has 0 saturated carbocycles. The number of rotatable bonds is 1. The lowest BCUT2D eigenvalue weighted by atomic mass is 10.2. The van der Waals surface area contributed by atoms with Gasteiger partial charge in [0.05, 0.1) is 12.6 Å². The van der Waals surface area contributed by atoms with E-state index in [0.29, 0.717) is 17.3 Å². The molecular formula is C11H10ClN3OS. The molecular weight excluding hydrogens is 258 g/mol. The zero-order valence-corrected chi connectivity index (χ0v) is 10.4. The summed E-state index contributed by atoms with van der Waals surface area (Å²) in [7, 11) is 0. The van der Waals surface area contributed by atoms with E-state index in [1.165, 1.54) is 11.8 Å². The number of aliphatic hydroxyl groups is 1. The molecule has 1 aliphatic heterocycles. The predicted molar refractivity (Wildman–Crippen MR) is 67.2 cm³/mol. The summed E-state index contributed by atoms with van der Waals surface area (Å²) in [6, 6.07) is 7.46. The lowest BCUT2D eigenvalue weighted by Gasteiger charge is -2.19. The normalized spacial score (nSPS) is 19.1. The van der Waals surface area contributed by atoms with Crippen LogP contribution < -0.4 is 0 Å². The van der Waals surface area contributed by atoms with Gasteiger partial charge in [-0.25, -0.2) is 0 Å². The number of thioether (sulfide) groups is 1. The third-order valence-electron chi connectivity index (χ3n) is 2.62. The lowest BCUT2D eigenvalue weighted by Crippen LogP contribution is -2.24. The molecule has 4 nitrogen and oxygen atoms in total. The Bertz CT molecular complexity index is 540. The summed E-state index contributed by atoms with van der Waals surface area (Å²) in [5, 5.41) is 19.5. The molecule has 88 valence electrons. The molecule has 2 heterocycles. The van der Waals surface area contributed by atoms with Crippen LogP contribution >= 0.6 is 23.4 Å². The number of aliphatic hydroxyl groups excluding tert-OH is 1. The number of hydrogen-bond acceptors (Lipinski definition) is 4. The molecule has 0 aliphatic carbocycles. The van der Waals surface area contributed by atoms with Gasteiger partial charge < -0.3 is 5.11 Å². The maximum absolute atomic E-state index is 9.67. The van der Waals surface area contributed by atoms with E-state index in [4.69, 9.17) is 11.6 Å². The van der Waals surface area contributed by atoms with Crippen LogP contribution in [0, 0.1) is 0 Å². The first-order valence-corrected chi connectivity index (χ1v) is 6.60. The molecule has 1 atom stereocenters. The maximum Gasteiger partial charge on any atom is 0.191 e. The molecule has 6 heteroatoms. The van der Waals surface area contributed by atoms with Crippen LogP contribution in [0.4, 0.5) is 0 Å². The van der Waals surface area contributed by atoms with Crippen molar-refractivity contribution in [2.45, 2.75) is 17.8 Å². The van der Waals surface area contributed by atoms with Crippen molar-refractivity contribution < 1.29 is 5.11 Å². The van der Waals surface area contributed by atoms with Gasteiger partial charge >= 0.3 is 0 Å². The van der Waals surface area contributed by atoms with Crippen LogP contribution in [-0.2, 0) is 6.54 Å². The highest BCUT2D eigenvalue weighted by atomic mass is 35.5. The molecule has 0 radical (unpaired) electrons. The van der Waals surface area contributed by atoms with E-state index in [-0.39, 0.29) is 6.10 Å². The zero-order chi connectivity index (χ0) is 11.8. The van der Waals surface area contributed by atoms with Crippen LogP contribution in [0.2, 0.25) is 5.02 Å².